The van der Waals surface area contributed by atoms with Gasteiger partial charge >= 0.3 is 0 Å². The molecule has 10 heteroatoms. The molecule has 0 amide bonds. The maximum Gasteiger partial charge on any atom is 0.173 e. The predicted molar refractivity (Wildman–Crippen MR) is 131 cm³/mol. The van der Waals surface area contributed by atoms with Crippen LogP contribution in [0.5, 0.6) is 0 Å². The summed E-state index contributed by atoms with van der Waals surface area (Å²) in [5.41, 5.74) is 9.76. The van der Waals surface area contributed by atoms with Crippen molar-refractivity contribution < 1.29 is 8.78 Å². The summed E-state index contributed by atoms with van der Waals surface area (Å²) >= 11 is 0. The summed E-state index contributed by atoms with van der Waals surface area (Å²) in [4.78, 5) is 17.5. The minimum atomic E-state index is -0.606. The Morgan fingerprint density at radius 2 is 1.81 bits per heavy atom. The second-order valence-electron chi connectivity index (χ2n) is 8.83. The first kappa shape index (κ1) is 20.6. The number of hydrogen-bond acceptors (Lipinski definition) is 6. The zero-order chi connectivity index (χ0) is 24.4. The molecule has 0 radical (unpaired) electrons. The summed E-state index contributed by atoms with van der Waals surface area (Å²) in [5, 5.41) is 7.56. The molecular formula is C26H18F2N8. The van der Waals surface area contributed by atoms with Gasteiger partial charge in [-0.05, 0) is 48.7 Å². The molecule has 2 aromatic carbocycles. The number of nitrogen functional groups attached to an aromatic ring is 1. The maximum atomic E-state index is 15.1. The summed E-state index contributed by atoms with van der Waals surface area (Å²) in [7, 11) is 0. The van der Waals surface area contributed by atoms with Gasteiger partial charge in [0, 0.05) is 34.8 Å². The lowest BCUT2D eigenvalue weighted by Gasteiger charge is -2.13. The Bertz CT molecular complexity index is 1790. The Morgan fingerprint density at radius 3 is 2.61 bits per heavy atom. The van der Waals surface area contributed by atoms with E-state index in [1.54, 1.807) is 18.3 Å². The molecule has 1 aliphatic rings. The van der Waals surface area contributed by atoms with E-state index in [2.05, 4.69) is 25.1 Å². The van der Waals surface area contributed by atoms with Crippen LogP contribution >= 0.6 is 0 Å². The zero-order valence-electron chi connectivity index (χ0n) is 18.8. The van der Waals surface area contributed by atoms with Crippen LogP contribution in [0.1, 0.15) is 24.6 Å². The first-order valence-corrected chi connectivity index (χ1v) is 11.5. The smallest absolute Gasteiger partial charge is 0.173 e. The van der Waals surface area contributed by atoms with Crippen molar-refractivity contribution in [1.29, 1.82) is 0 Å². The standard InChI is InChI=1S/C26H18F2N8/c27-18-3-1-2-16-19(7-9-30-22(16)18)36-20-11-14(15-6-8-31-24(29)21(15)28)10-17(25-32-12-33-35-25)23(20)34-26(36)13-4-5-13/h1-3,6-13H,4-5H2,(H2,29,31)(H,32,33,35). The maximum absolute atomic E-state index is 15.1. The predicted octanol–water partition coefficient (Wildman–Crippen LogP) is 5.16. The van der Waals surface area contributed by atoms with Crippen molar-refractivity contribution in [2.75, 3.05) is 5.73 Å². The Balaban J connectivity index is 1.61. The van der Waals surface area contributed by atoms with Crippen LogP contribution in [0.25, 0.3) is 50.1 Å². The van der Waals surface area contributed by atoms with Gasteiger partial charge in [0.25, 0.3) is 0 Å². The molecule has 36 heavy (non-hydrogen) atoms. The number of H-pyrrole nitrogens is 1. The third-order valence-corrected chi connectivity index (χ3v) is 6.57. The highest BCUT2D eigenvalue weighted by Crippen LogP contribution is 2.44. The zero-order valence-corrected chi connectivity index (χ0v) is 18.8. The minimum Gasteiger partial charge on any atom is -0.381 e. The molecule has 1 aliphatic carbocycles. The highest BCUT2D eigenvalue weighted by molar-refractivity contribution is 5.98. The first-order valence-electron chi connectivity index (χ1n) is 11.5. The van der Waals surface area contributed by atoms with Gasteiger partial charge in [0.2, 0.25) is 0 Å². The van der Waals surface area contributed by atoms with E-state index in [1.165, 1.54) is 18.6 Å². The summed E-state index contributed by atoms with van der Waals surface area (Å²) in [6, 6.07) is 12.0. The molecule has 0 spiro atoms. The number of anilines is 1. The molecule has 4 aromatic heterocycles. The van der Waals surface area contributed by atoms with Gasteiger partial charge in [0.05, 0.1) is 11.2 Å². The van der Waals surface area contributed by atoms with E-state index in [9.17, 15) is 4.39 Å². The molecule has 6 aromatic rings. The normalized spacial score (nSPS) is 13.6. The van der Waals surface area contributed by atoms with E-state index >= 15 is 4.39 Å². The number of pyridine rings is 2. The number of hydrogen-bond donors (Lipinski definition) is 2. The molecule has 1 fully saturated rings. The van der Waals surface area contributed by atoms with Gasteiger partial charge in [-0.25, -0.2) is 23.7 Å². The highest BCUT2D eigenvalue weighted by Gasteiger charge is 2.32. The Kier molecular flexibility index (Phi) is 4.38. The largest absolute Gasteiger partial charge is 0.381 e. The van der Waals surface area contributed by atoms with E-state index in [0.29, 0.717) is 33.4 Å². The van der Waals surface area contributed by atoms with Crippen LogP contribution in [0.3, 0.4) is 0 Å². The average molecular weight is 480 g/mol. The fourth-order valence-electron chi connectivity index (χ4n) is 4.74. The lowest BCUT2D eigenvalue weighted by atomic mass is 10.0. The SMILES string of the molecule is Nc1nccc(-c2cc(-c3ncn[nH]3)c3nc(C4CC4)n(-c4ccnc5c(F)cccc45)c3c2)c1F. The summed E-state index contributed by atoms with van der Waals surface area (Å²) in [6.07, 6.45) is 6.48. The quantitative estimate of drug-likeness (QED) is 0.361. The Labute approximate surface area is 202 Å². The molecule has 7 rings (SSSR count). The molecule has 4 heterocycles. The Morgan fingerprint density at radius 1 is 0.944 bits per heavy atom. The van der Waals surface area contributed by atoms with E-state index in [1.807, 2.05) is 28.8 Å². The van der Waals surface area contributed by atoms with Crippen LogP contribution in [-0.4, -0.2) is 34.7 Å². The minimum absolute atomic E-state index is 0.184. The molecule has 0 atom stereocenters. The number of rotatable bonds is 4. The van der Waals surface area contributed by atoms with Crippen LogP contribution in [0.15, 0.2) is 61.2 Å². The fraction of sp³-hybridized carbons (Fsp3) is 0.115. The van der Waals surface area contributed by atoms with Crippen LogP contribution in [-0.2, 0) is 0 Å². The van der Waals surface area contributed by atoms with Crippen LogP contribution in [0.2, 0.25) is 0 Å². The number of nitrogens with two attached hydrogens (primary N) is 1. The van der Waals surface area contributed by atoms with Crippen molar-refractivity contribution >= 4 is 27.8 Å². The average Bonchev–Trinajstić information content (AvgIpc) is 3.44. The number of para-hydroxylation sites is 1. The number of nitrogens with zero attached hydrogens (tertiary/aromatic N) is 6. The van der Waals surface area contributed by atoms with Gasteiger partial charge in [-0.3, -0.25) is 14.6 Å². The second-order valence-corrected chi connectivity index (χ2v) is 8.83. The molecule has 0 unspecified atom stereocenters. The van der Waals surface area contributed by atoms with Crippen LogP contribution < -0.4 is 5.73 Å². The number of aromatic amines is 1. The van der Waals surface area contributed by atoms with Crippen molar-refractivity contribution in [3.8, 4) is 28.2 Å². The van der Waals surface area contributed by atoms with Gasteiger partial charge < -0.3 is 5.73 Å². The molecular weight excluding hydrogens is 462 g/mol. The molecule has 3 N–H and O–H groups in total. The number of halogens is 2. The number of benzene rings is 2. The summed E-state index contributed by atoms with van der Waals surface area (Å²) in [6.45, 7) is 0. The molecule has 0 bridgehead atoms. The number of aromatic nitrogens is 7. The Hall–Kier alpha value is -4.73. The third-order valence-electron chi connectivity index (χ3n) is 6.57. The molecule has 8 nitrogen and oxygen atoms in total. The van der Waals surface area contributed by atoms with Gasteiger partial charge in [0.15, 0.2) is 17.5 Å². The summed E-state index contributed by atoms with van der Waals surface area (Å²) in [5.74, 6) is 0.427. The number of imidazole rings is 1. The lowest BCUT2D eigenvalue weighted by molar-refractivity contribution is 0.631. The topological polar surface area (TPSA) is 111 Å². The van der Waals surface area contributed by atoms with E-state index < -0.39 is 11.6 Å². The molecule has 0 aliphatic heterocycles. The third kappa shape index (κ3) is 3.07. The van der Waals surface area contributed by atoms with Crippen molar-refractivity contribution in [3.63, 3.8) is 0 Å². The fourth-order valence-corrected chi connectivity index (χ4v) is 4.74. The van der Waals surface area contributed by atoms with Crippen molar-refractivity contribution in [2.45, 2.75) is 18.8 Å². The van der Waals surface area contributed by atoms with Gasteiger partial charge in [-0.2, -0.15) is 5.10 Å². The highest BCUT2D eigenvalue weighted by atomic mass is 19.1. The second kappa shape index (κ2) is 7.64. The first-order chi connectivity index (χ1) is 17.6. The van der Waals surface area contributed by atoms with E-state index in [4.69, 9.17) is 10.7 Å². The lowest BCUT2D eigenvalue weighted by Crippen LogP contribution is -2.02. The monoisotopic (exact) mass is 480 g/mol. The van der Waals surface area contributed by atoms with Crippen LogP contribution in [0.4, 0.5) is 14.6 Å². The van der Waals surface area contributed by atoms with Crippen molar-refractivity contribution in [2.24, 2.45) is 0 Å². The van der Waals surface area contributed by atoms with Crippen molar-refractivity contribution in [1.82, 2.24) is 34.7 Å². The van der Waals surface area contributed by atoms with Crippen molar-refractivity contribution in [3.05, 3.63) is 78.6 Å². The molecule has 0 saturated heterocycles. The molecule has 176 valence electrons. The van der Waals surface area contributed by atoms with Gasteiger partial charge in [0.1, 0.15) is 29.0 Å². The number of nitrogens with one attached hydrogen (secondary N) is 1. The summed E-state index contributed by atoms with van der Waals surface area (Å²) < 4.78 is 31.8. The van der Waals surface area contributed by atoms with E-state index in [-0.39, 0.29) is 17.3 Å². The number of fused-ring (bicyclic) bond motifs is 2. The van der Waals surface area contributed by atoms with Gasteiger partial charge in [-0.15, -0.1) is 0 Å². The van der Waals surface area contributed by atoms with E-state index in [0.717, 1.165) is 29.9 Å². The van der Waals surface area contributed by atoms with Crippen LogP contribution in [0, 0.1) is 11.6 Å². The van der Waals surface area contributed by atoms with Gasteiger partial charge in [-0.1, -0.05) is 12.1 Å². The molecule has 1 saturated carbocycles.